The molecule has 1 aliphatic rings. The van der Waals surface area contributed by atoms with Crippen molar-refractivity contribution in [2.45, 2.75) is 13.3 Å². The van der Waals surface area contributed by atoms with Gasteiger partial charge in [-0.05, 0) is 6.42 Å². The molecule has 0 saturated heterocycles. The summed E-state index contributed by atoms with van der Waals surface area (Å²) >= 11 is 0. The molecule has 1 N–H and O–H groups in total. The molecular formula is C5H9NO. The van der Waals surface area contributed by atoms with E-state index in [-0.39, 0.29) is 0 Å². The van der Waals surface area contributed by atoms with E-state index in [1.807, 2.05) is 0 Å². The molecule has 1 heterocycles. The van der Waals surface area contributed by atoms with E-state index in [1.165, 1.54) is 5.70 Å². The third-order valence-electron chi connectivity index (χ3n) is 0.989. The fourth-order valence-electron chi connectivity index (χ4n) is 0.527. The fraction of sp³-hybridized carbons (Fsp3) is 0.600. The molecule has 0 unspecified atom stereocenters. The maximum atomic E-state index is 4.87. The van der Waals surface area contributed by atoms with Crippen molar-refractivity contribution in [3.05, 3.63) is 12.0 Å². The van der Waals surface area contributed by atoms with Crippen LogP contribution < -0.4 is 5.32 Å². The Morgan fingerprint density at radius 1 is 2.00 bits per heavy atom. The number of hydrogen-bond acceptors (Lipinski definition) is 2. The first-order chi connectivity index (χ1) is 3.43. The normalized spacial score (nSPS) is 17.6. The molecule has 0 fully saturated rings. The predicted octanol–water partition coefficient (Wildman–Crippen LogP) is 0.815. The summed E-state index contributed by atoms with van der Waals surface area (Å²) < 4.78 is 4.87. The first kappa shape index (κ1) is 4.50. The van der Waals surface area contributed by atoms with Gasteiger partial charge in [0.15, 0.2) is 6.73 Å². The zero-order chi connectivity index (χ0) is 5.11. The third-order valence-corrected chi connectivity index (χ3v) is 0.989. The summed E-state index contributed by atoms with van der Waals surface area (Å²) in [6.07, 6.45) is 2.81. The van der Waals surface area contributed by atoms with Crippen LogP contribution in [0.2, 0.25) is 0 Å². The molecule has 0 saturated carbocycles. The quantitative estimate of drug-likeness (QED) is 0.525. The summed E-state index contributed by atoms with van der Waals surface area (Å²) in [4.78, 5) is 0. The third kappa shape index (κ3) is 0.856. The Balaban J connectivity index is 2.36. The smallest absolute Gasteiger partial charge is 0.158 e. The highest BCUT2D eigenvalue weighted by Gasteiger charge is 1.97. The minimum atomic E-state index is 0.656. The van der Waals surface area contributed by atoms with E-state index in [0.29, 0.717) is 6.73 Å². The van der Waals surface area contributed by atoms with Crippen LogP contribution in [-0.2, 0) is 4.74 Å². The number of nitrogens with one attached hydrogen (secondary N) is 1. The van der Waals surface area contributed by atoms with Crippen LogP contribution in [0.4, 0.5) is 0 Å². The van der Waals surface area contributed by atoms with E-state index in [0.717, 1.165) is 6.42 Å². The summed E-state index contributed by atoms with van der Waals surface area (Å²) in [7, 11) is 0. The summed E-state index contributed by atoms with van der Waals surface area (Å²) in [6, 6.07) is 0. The van der Waals surface area contributed by atoms with Crippen LogP contribution in [0.15, 0.2) is 12.0 Å². The lowest BCUT2D eigenvalue weighted by molar-refractivity contribution is 0.267. The minimum Gasteiger partial charge on any atom is -0.479 e. The highest BCUT2D eigenvalue weighted by molar-refractivity contribution is 4.96. The van der Waals surface area contributed by atoms with Crippen LogP contribution in [0.3, 0.4) is 0 Å². The largest absolute Gasteiger partial charge is 0.479 e. The Morgan fingerprint density at radius 3 is 3.14 bits per heavy atom. The lowest BCUT2D eigenvalue weighted by Gasteiger charge is -1.91. The van der Waals surface area contributed by atoms with Gasteiger partial charge in [-0.1, -0.05) is 6.92 Å². The van der Waals surface area contributed by atoms with Gasteiger partial charge < -0.3 is 10.1 Å². The van der Waals surface area contributed by atoms with Gasteiger partial charge in [0.05, 0.1) is 0 Å². The van der Waals surface area contributed by atoms with Crippen LogP contribution in [-0.4, -0.2) is 6.73 Å². The molecule has 0 aromatic heterocycles. The van der Waals surface area contributed by atoms with Crippen LogP contribution >= 0.6 is 0 Å². The molecule has 2 nitrogen and oxygen atoms in total. The molecule has 40 valence electrons. The Labute approximate surface area is 43.2 Å². The number of hydrogen-bond donors (Lipinski definition) is 1. The zero-order valence-electron chi connectivity index (χ0n) is 4.40. The predicted molar refractivity (Wildman–Crippen MR) is 27.5 cm³/mol. The highest BCUT2D eigenvalue weighted by Crippen LogP contribution is 2.00. The number of ether oxygens (including phenoxy) is 1. The monoisotopic (exact) mass is 99.1 g/mol. The Hall–Kier alpha value is -0.660. The summed E-state index contributed by atoms with van der Waals surface area (Å²) in [5.41, 5.74) is 1.19. The van der Waals surface area contributed by atoms with Crippen molar-refractivity contribution in [1.82, 2.24) is 5.32 Å². The Morgan fingerprint density at radius 2 is 2.86 bits per heavy atom. The summed E-state index contributed by atoms with van der Waals surface area (Å²) in [6.45, 7) is 2.75. The maximum absolute atomic E-state index is 4.87. The zero-order valence-corrected chi connectivity index (χ0v) is 4.40. The molecule has 0 aliphatic carbocycles. The minimum absolute atomic E-state index is 0.656. The second-order valence-corrected chi connectivity index (χ2v) is 1.48. The molecule has 0 aromatic rings. The van der Waals surface area contributed by atoms with Crippen molar-refractivity contribution in [2.75, 3.05) is 6.73 Å². The molecule has 0 amide bonds. The van der Waals surface area contributed by atoms with Crippen LogP contribution in [0.25, 0.3) is 0 Å². The molecule has 0 aromatic carbocycles. The SMILES string of the molecule is CCC1=COCN1. The Bertz CT molecular complexity index is 88.1. The van der Waals surface area contributed by atoms with Crippen LogP contribution in [0.1, 0.15) is 13.3 Å². The van der Waals surface area contributed by atoms with Crippen molar-refractivity contribution in [3.63, 3.8) is 0 Å². The first-order valence-corrected chi connectivity index (χ1v) is 2.48. The van der Waals surface area contributed by atoms with E-state index in [4.69, 9.17) is 4.74 Å². The second-order valence-electron chi connectivity index (χ2n) is 1.48. The van der Waals surface area contributed by atoms with Gasteiger partial charge in [0.25, 0.3) is 0 Å². The van der Waals surface area contributed by atoms with Crippen molar-refractivity contribution in [1.29, 1.82) is 0 Å². The summed E-state index contributed by atoms with van der Waals surface area (Å²) in [5, 5.41) is 3.05. The molecule has 2 heteroatoms. The molecule has 1 aliphatic heterocycles. The molecule has 1 rings (SSSR count). The molecule has 0 bridgehead atoms. The number of allylic oxidation sites excluding steroid dienone is 1. The number of rotatable bonds is 1. The van der Waals surface area contributed by atoms with Crippen molar-refractivity contribution >= 4 is 0 Å². The fourth-order valence-corrected chi connectivity index (χ4v) is 0.527. The van der Waals surface area contributed by atoms with Gasteiger partial charge in [-0.15, -0.1) is 0 Å². The van der Waals surface area contributed by atoms with Gasteiger partial charge in [-0.25, -0.2) is 0 Å². The molecule has 7 heavy (non-hydrogen) atoms. The van der Waals surface area contributed by atoms with E-state index in [2.05, 4.69) is 12.2 Å². The van der Waals surface area contributed by atoms with Gasteiger partial charge >= 0.3 is 0 Å². The highest BCUT2D eigenvalue weighted by atomic mass is 16.5. The lowest BCUT2D eigenvalue weighted by atomic mass is 10.4. The van der Waals surface area contributed by atoms with E-state index < -0.39 is 0 Å². The van der Waals surface area contributed by atoms with Gasteiger partial charge in [0.2, 0.25) is 0 Å². The summed E-state index contributed by atoms with van der Waals surface area (Å²) in [5.74, 6) is 0. The van der Waals surface area contributed by atoms with Gasteiger partial charge in [-0.3, -0.25) is 0 Å². The average Bonchev–Trinajstić information content (AvgIpc) is 2.14. The Kier molecular flexibility index (Phi) is 1.20. The van der Waals surface area contributed by atoms with Crippen LogP contribution in [0, 0.1) is 0 Å². The average molecular weight is 99.1 g/mol. The molecule has 0 atom stereocenters. The first-order valence-electron chi connectivity index (χ1n) is 2.48. The molecular weight excluding hydrogens is 90.1 g/mol. The van der Waals surface area contributed by atoms with Gasteiger partial charge in [0, 0.05) is 5.70 Å². The van der Waals surface area contributed by atoms with Crippen molar-refractivity contribution in [3.8, 4) is 0 Å². The van der Waals surface area contributed by atoms with Gasteiger partial charge in [-0.2, -0.15) is 0 Å². The topological polar surface area (TPSA) is 21.3 Å². The van der Waals surface area contributed by atoms with Crippen LogP contribution in [0.5, 0.6) is 0 Å². The lowest BCUT2D eigenvalue weighted by Crippen LogP contribution is -2.06. The standard InChI is InChI=1S/C5H9NO/c1-2-5-3-7-4-6-5/h3,6H,2,4H2,1H3. The van der Waals surface area contributed by atoms with E-state index in [9.17, 15) is 0 Å². The molecule has 0 radical (unpaired) electrons. The van der Waals surface area contributed by atoms with Crippen molar-refractivity contribution in [2.24, 2.45) is 0 Å². The molecule has 0 spiro atoms. The van der Waals surface area contributed by atoms with E-state index in [1.54, 1.807) is 6.26 Å². The van der Waals surface area contributed by atoms with Gasteiger partial charge in [0.1, 0.15) is 6.26 Å². The maximum Gasteiger partial charge on any atom is 0.158 e. The second kappa shape index (κ2) is 1.87. The van der Waals surface area contributed by atoms with Crippen molar-refractivity contribution < 1.29 is 4.74 Å². The van der Waals surface area contributed by atoms with E-state index >= 15 is 0 Å².